The van der Waals surface area contributed by atoms with Crippen LogP contribution in [-0.2, 0) is 20.7 Å². The molecular weight excluding hydrogens is 304 g/mol. The third kappa shape index (κ3) is 5.96. The molecular formula is C19H28N2O3. The van der Waals surface area contributed by atoms with Crippen LogP contribution in [0.25, 0.3) is 0 Å². The van der Waals surface area contributed by atoms with Gasteiger partial charge in [-0.2, -0.15) is 0 Å². The Morgan fingerprint density at radius 3 is 2.75 bits per heavy atom. The number of carbonyl (C=O) groups excluding carboxylic acids is 2. The van der Waals surface area contributed by atoms with Gasteiger partial charge in [-0.25, -0.2) is 0 Å². The Hall–Kier alpha value is -1.88. The van der Waals surface area contributed by atoms with Crippen molar-refractivity contribution >= 4 is 11.8 Å². The molecule has 0 saturated carbocycles. The number of nitrogens with zero attached hydrogens (tertiary/aromatic N) is 1. The minimum Gasteiger partial charge on any atom is -0.377 e. The minimum absolute atomic E-state index is 0.0249. The van der Waals surface area contributed by atoms with E-state index in [0.29, 0.717) is 26.0 Å². The van der Waals surface area contributed by atoms with Gasteiger partial charge in [0.1, 0.15) is 0 Å². The van der Waals surface area contributed by atoms with Crippen molar-refractivity contribution in [3.63, 3.8) is 0 Å². The van der Waals surface area contributed by atoms with E-state index in [1.54, 1.807) is 4.90 Å². The Morgan fingerprint density at radius 1 is 1.29 bits per heavy atom. The molecule has 1 fully saturated rings. The van der Waals surface area contributed by atoms with Crippen molar-refractivity contribution in [2.45, 2.75) is 45.6 Å². The molecule has 1 aliphatic heterocycles. The molecule has 0 radical (unpaired) electrons. The Morgan fingerprint density at radius 2 is 2.04 bits per heavy atom. The smallest absolute Gasteiger partial charge is 0.242 e. The standard InChI is InChI=1S/C19H28N2O3/c1-3-24-17-5-4-12-21(14-17)19(23)13-20-18(22)11-10-16-8-6-15(2)7-9-16/h6-9,17H,3-5,10-14H2,1-2H3,(H,20,22). The molecule has 5 nitrogen and oxygen atoms in total. The normalized spacial score (nSPS) is 17.6. The predicted molar refractivity (Wildman–Crippen MR) is 93.7 cm³/mol. The number of nitrogens with one attached hydrogen (secondary N) is 1. The summed E-state index contributed by atoms with van der Waals surface area (Å²) in [5.74, 6) is -0.106. The SMILES string of the molecule is CCOC1CCCN(C(=O)CNC(=O)CCc2ccc(C)cc2)C1. The van der Waals surface area contributed by atoms with Crippen LogP contribution in [-0.4, -0.2) is 49.1 Å². The van der Waals surface area contributed by atoms with E-state index >= 15 is 0 Å². The maximum absolute atomic E-state index is 12.2. The molecule has 1 heterocycles. The third-order valence-electron chi connectivity index (χ3n) is 4.33. The van der Waals surface area contributed by atoms with Crippen LogP contribution in [0.1, 0.15) is 37.3 Å². The lowest BCUT2D eigenvalue weighted by Gasteiger charge is -2.32. The molecule has 24 heavy (non-hydrogen) atoms. The first-order valence-corrected chi connectivity index (χ1v) is 8.80. The van der Waals surface area contributed by atoms with Gasteiger partial charge in [-0.1, -0.05) is 29.8 Å². The first-order chi connectivity index (χ1) is 11.6. The molecule has 1 aliphatic rings. The van der Waals surface area contributed by atoms with Crippen LogP contribution in [0.3, 0.4) is 0 Å². The van der Waals surface area contributed by atoms with E-state index < -0.39 is 0 Å². The summed E-state index contributed by atoms with van der Waals surface area (Å²) in [5, 5.41) is 2.74. The zero-order valence-corrected chi connectivity index (χ0v) is 14.7. The number of ether oxygens (including phenoxy) is 1. The van der Waals surface area contributed by atoms with E-state index in [4.69, 9.17) is 4.74 Å². The summed E-state index contributed by atoms with van der Waals surface area (Å²) >= 11 is 0. The monoisotopic (exact) mass is 332 g/mol. The largest absolute Gasteiger partial charge is 0.377 e. The lowest BCUT2D eigenvalue weighted by molar-refractivity contribution is -0.136. The maximum Gasteiger partial charge on any atom is 0.242 e. The Kier molecular flexibility index (Phi) is 7.25. The Labute approximate surface area is 144 Å². The highest BCUT2D eigenvalue weighted by atomic mass is 16.5. The summed E-state index contributed by atoms with van der Waals surface area (Å²) in [6.07, 6.45) is 3.18. The van der Waals surface area contributed by atoms with Crippen LogP contribution in [0.4, 0.5) is 0 Å². The van der Waals surface area contributed by atoms with Crippen LogP contribution in [0.15, 0.2) is 24.3 Å². The van der Waals surface area contributed by atoms with Crippen LogP contribution in [0, 0.1) is 6.92 Å². The molecule has 0 bridgehead atoms. The third-order valence-corrected chi connectivity index (χ3v) is 4.33. The highest BCUT2D eigenvalue weighted by molar-refractivity contribution is 5.84. The number of benzene rings is 1. The molecule has 132 valence electrons. The van der Waals surface area contributed by atoms with Gasteiger partial charge >= 0.3 is 0 Å². The average molecular weight is 332 g/mol. The van der Waals surface area contributed by atoms with Gasteiger partial charge in [-0.3, -0.25) is 9.59 Å². The first-order valence-electron chi connectivity index (χ1n) is 8.80. The summed E-state index contributed by atoms with van der Waals surface area (Å²) < 4.78 is 5.60. The second-order valence-electron chi connectivity index (χ2n) is 6.32. The van der Waals surface area contributed by atoms with E-state index in [1.165, 1.54) is 5.56 Å². The summed E-state index contributed by atoms with van der Waals surface area (Å²) in [6, 6.07) is 8.16. The topological polar surface area (TPSA) is 58.6 Å². The van der Waals surface area contributed by atoms with Crippen LogP contribution in [0.5, 0.6) is 0 Å². The molecule has 2 rings (SSSR count). The Bertz CT molecular complexity index is 540. The molecule has 5 heteroatoms. The second-order valence-corrected chi connectivity index (χ2v) is 6.32. The van der Waals surface area contributed by atoms with Gasteiger partial charge in [-0.05, 0) is 38.7 Å². The first kappa shape index (κ1) is 18.5. The highest BCUT2D eigenvalue weighted by Crippen LogP contribution is 2.13. The van der Waals surface area contributed by atoms with E-state index in [1.807, 2.05) is 38.1 Å². The molecule has 1 aromatic carbocycles. The second kappa shape index (κ2) is 9.42. The average Bonchev–Trinajstić information content (AvgIpc) is 2.59. The summed E-state index contributed by atoms with van der Waals surface area (Å²) in [4.78, 5) is 25.9. The van der Waals surface area contributed by atoms with Crippen LogP contribution >= 0.6 is 0 Å². The van der Waals surface area contributed by atoms with Gasteiger partial charge < -0.3 is 15.0 Å². The minimum atomic E-state index is -0.0812. The number of rotatable bonds is 7. The van der Waals surface area contributed by atoms with E-state index in [0.717, 1.165) is 24.9 Å². The number of hydrogen-bond donors (Lipinski definition) is 1. The van der Waals surface area contributed by atoms with Crippen molar-refractivity contribution in [3.8, 4) is 0 Å². The quantitative estimate of drug-likeness (QED) is 0.831. The molecule has 2 amide bonds. The van der Waals surface area contributed by atoms with E-state index in [2.05, 4.69) is 5.32 Å². The van der Waals surface area contributed by atoms with Gasteiger partial charge in [0, 0.05) is 26.1 Å². The molecule has 1 saturated heterocycles. The van der Waals surface area contributed by atoms with Crippen molar-refractivity contribution in [1.82, 2.24) is 10.2 Å². The lowest BCUT2D eigenvalue weighted by atomic mass is 10.1. The van der Waals surface area contributed by atoms with Crippen molar-refractivity contribution in [1.29, 1.82) is 0 Å². The van der Waals surface area contributed by atoms with Gasteiger partial charge in [0.2, 0.25) is 11.8 Å². The highest BCUT2D eigenvalue weighted by Gasteiger charge is 2.23. The number of piperidine rings is 1. The van der Waals surface area contributed by atoms with Crippen molar-refractivity contribution in [2.75, 3.05) is 26.2 Å². The number of hydrogen-bond acceptors (Lipinski definition) is 3. The summed E-state index contributed by atoms with van der Waals surface area (Å²) in [5.41, 5.74) is 2.35. The molecule has 1 N–H and O–H groups in total. The molecule has 1 atom stereocenters. The Balaban J connectivity index is 1.69. The number of carbonyl (C=O) groups is 2. The molecule has 1 unspecified atom stereocenters. The zero-order chi connectivity index (χ0) is 17.4. The van der Waals surface area contributed by atoms with E-state index in [-0.39, 0.29) is 24.5 Å². The van der Waals surface area contributed by atoms with Gasteiger partial charge in [0.25, 0.3) is 0 Å². The fourth-order valence-electron chi connectivity index (χ4n) is 2.92. The zero-order valence-electron chi connectivity index (χ0n) is 14.7. The number of likely N-dealkylation sites (tertiary alicyclic amines) is 1. The molecule has 1 aromatic rings. The fourth-order valence-corrected chi connectivity index (χ4v) is 2.92. The molecule has 0 spiro atoms. The lowest BCUT2D eigenvalue weighted by Crippen LogP contribution is -2.47. The number of aryl methyl sites for hydroxylation is 2. The molecule has 0 aromatic heterocycles. The van der Waals surface area contributed by atoms with Crippen molar-refractivity contribution in [3.05, 3.63) is 35.4 Å². The van der Waals surface area contributed by atoms with Crippen LogP contribution < -0.4 is 5.32 Å². The van der Waals surface area contributed by atoms with Crippen molar-refractivity contribution < 1.29 is 14.3 Å². The predicted octanol–water partition coefficient (Wildman–Crippen LogP) is 2.07. The van der Waals surface area contributed by atoms with Gasteiger partial charge in [0.15, 0.2) is 0 Å². The summed E-state index contributed by atoms with van der Waals surface area (Å²) in [6.45, 7) is 6.13. The molecule has 0 aliphatic carbocycles. The van der Waals surface area contributed by atoms with Gasteiger partial charge in [-0.15, -0.1) is 0 Å². The van der Waals surface area contributed by atoms with E-state index in [9.17, 15) is 9.59 Å². The maximum atomic E-state index is 12.2. The van der Waals surface area contributed by atoms with Crippen LogP contribution in [0.2, 0.25) is 0 Å². The number of amides is 2. The fraction of sp³-hybridized carbons (Fsp3) is 0.579. The van der Waals surface area contributed by atoms with Gasteiger partial charge in [0.05, 0.1) is 12.6 Å². The summed E-state index contributed by atoms with van der Waals surface area (Å²) in [7, 11) is 0. The van der Waals surface area contributed by atoms with Crippen molar-refractivity contribution in [2.24, 2.45) is 0 Å².